The molecule has 128 valence electrons. The van der Waals surface area contributed by atoms with Crippen molar-refractivity contribution < 1.29 is 9.90 Å². The third kappa shape index (κ3) is 3.57. The van der Waals surface area contributed by atoms with Crippen molar-refractivity contribution >= 4 is 23.1 Å². The van der Waals surface area contributed by atoms with E-state index in [-0.39, 0.29) is 0 Å². The van der Waals surface area contributed by atoms with Gasteiger partial charge in [-0.2, -0.15) is 0 Å². The molecular weight excluding hydrogens is 324 g/mol. The highest BCUT2D eigenvalue weighted by atomic mass is 32.1. The Bertz CT molecular complexity index is 718. The van der Waals surface area contributed by atoms with Gasteiger partial charge in [0.05, 0.1) is 6.54 Å². The molecule has 1 aliphatic heterocycles. The SMILES string of the molecule is CCN(C)c1nc2c(cc1C(=O)O)CCN(Cc1nccs1)CC2. The number of anilines is 1. The Labute approximate surface area is 145 Å². The van der Waals surface area contributed by atoms with Gasteiger partial charge in [-0.05, 0) is 25.0 Å². The first kappa shape index (κ1) is 16.9. The fourth-order valence-corrected chi connectivity index (χ4v) is 3.61. The number of nitrogens with zero attached hydrogens (tertiary/aromatic N) is 4. The van der Waals surface area contributed by atoms with Crippen LogP contribution in [0.4, 0.5) is 5.82 Å². The standard InChI is InChI=1S/C17H22N4O2S/c1-3-20(2)16-13(17(22)23)10-12-4-7-21(8-5-14(12)19-16)11-15-18-6-9-24-15/h6,9-10H,3-5,7-8,11H2,1-2H3,(H,22,23). The summed E-state index contributed by atoms with van der Waals surface area (Å²) in [5.41, 5.74) is 2.38. The van der Waals surface area contributed by atoms with Crippen LogP contribution < -0.4 is 4.90 Å². The van der Waals surface area contributed by atoms with Gasteiger partial charge >= 0.3 is 5.97 Å². The lowest BCUT2D eigenvalue weighted by Gasteiger charge is -2.20. The first-order valence-corrected chi connectivity index (χ1v) is 9.04. The van der Waals surface area contributed by atoms with E-state index >= 15 is 0 Å². The zero-order valence-corrected chi connectivity index (χ0v) is 14.8. The lowest BCUT2D eigenvalue weighted by Crippen LogP contribution is -2.25. The Hall–Kier alpha value is -1.99. The monoisotopic (exact) mass is 346 g/mol. The molecule has 1 aliphatic rings. The number of carboxylic acid groups (broad SMARTS) is 1. The number of thiazole rings is 1. The molecule has 1 N–H and O–H groups in total. The van der Waals surface area contributed by atoms with Crippen molar-refractivity contribution in [3.05, 3.63) is 39.5 Å². The van der Waals surface area contributed by atoms with Crippen LogP contribution in [0.3, 0.4) is 0 Å². The Morgan fingerprint density at radius 2 is 2.21 bits per heavy atom. The number of pyridine rings is 1. The number of aromatic carboxylic acids is 1. The third-order valence-electron chi connectivity index (χ3n) is 4.44. The molecule has 3 heterocycles. The quantitative estimate of drug-likeness (QED) is 0.896. The fourth-order valence-electron chi connectivity index (χ4n) is 2.95. The molecule has 0 aromatic carbocycles. The van der Waals surface area contributed by atoms with Gasteiger partial charge in [0.25, 0.3) is 0 Å². The van der Waals surface area contributed by atoms with Gasteiger partial charge in [-0.3, -0.25) is 4.90 Å². The summed E-state index contributed by atoms with van der Waals surface area (Å²) in [6, 6.07) is 1.82. The number of fused-ring (bicyclic) bond motifs is 1. The normalized spacial score (nSPS) is 14.9. The van der Waals surface area contributed by atoms with E-state index in [0.29, 0.717) is 11.4 Å². The van der Waals surface area contributed by atoms with Crippen molar-refractivity contribution in [1.82, 2.24) is 14.9 Å². The van der Waals surface area contributed by atoms with Crippen LogP contribution >= 0.6 is 11.3 Å². The number of aromatic nitrogens is 2. The number of hydrogen-bond acceptors (Lipinski definition) is 6. The van der Waals surface area contributed by atoms with Crippen LogP contribution in [0.2, 0.25) is 0 Å². The predicted octanol–water partition coefficient (Wildman–Crippen LogP) is 2.29. The van der Waals surface area contributed by atoms with E-state index in [0.717, 1.165) is 55.3 Å². The molecule has 0 spiro atoms. The van der Waals surface area contributed by atoms with Gasteiger partial charge in [0.2, 0.25) is 0 Å². The van der Waals surface area contributed by atoms with E-state index in [9.17, 15) is 9.90 Å². The van der Waals surface area contributed by atoms with Gasteiger partial charge < -0.3 is 10.0 Å². The van der Waals surface area contributed by atoms with Gasteiger partial charge in [-0.25, -0.2) is 14.8 Å². The van der Waals surface area contributed by atoms with Crippen molar-refractivity contribution in [2.24, 2.45) is 0 Å². The minimum atomic E-state index is -0.913. The molecule has 0 radical (unpaired) electrons. The van der Waals surface area contributed by atoms with E-state index < -0.39 is 5.97 Å². The Kier molecular flexibility index (Phi) is 5.11. The molecule has 0 unspecified atom stereocenters. The van der Waals surface area contributed by atoms with Gasteiger partial charge in [0, 0.05) is 50.4 Å². The van der Waals surface area contributed by atoms with Crippen LogP contribution in [-0.2, 0) is 19.4 Å². The molecule has 2 aromatic heterocycles. The molecule has 2 aromatic rings. The van der Waals surface area contributed by atoms with Crippen LogP contribution in [0, 0.1) is 0 Å². The van der Waals surface area contributed by atoms with Crippen LogP contribution in [0.1, 0.15) is 33.5 Å². The molecule has 6 nitrogen and oxygen atoms in total. The number of hydrogen-bond donors (Lipinski definition) is 1. The second-order valence-corrected chi connectivity index (χ2v) is 6.97. The Morgan fingerprint density at radius 1 is 1.42 bits per heavy atom. The zero-order chi connectivity index (χ0) is 17.1. The van der Waals surface area contributed by atoms with Crippen molar-refractivity contribution in [3.63, 3.8) is 0 Å². The van der Waals surface area contributed by atoms with Crippen molar-refractivity contribution in [2.45, 2.75) is 26.3 Å². The molecule has 0 fully saturated rings. The predicted molar refractivity (Wildman–Crippen MR) is 94.9 cm³/mol. The van der Waals surface area contributed by atoms with E-state index in [1.165, 1.54) is 0 Å². The molecule has 0 bridgehead atoms. The lowest BCUT2D eigenvalue weighted by atomic mass is 10.1. The lowest BCUT2D eigenvalue weighted by molar-refractivity contribution is 0.0697. The molecule has 0 atom stereocenters. The molecule has 24 heavy (non-hydrogen) atoms. The minimum Gasteiger partial charge on any atom is -0.478 e. The Balaban J connectivity index is 1.84. The summed E-state index contributed by atoms with van der Waals surface area (Å²) in [6.07, 6.45) is 3.50. The van der Waals surface area contributed by atoms with Crippen LogP contribution in [-0.4, -0.2) is 52.6 Å². The fraction of sp³-hybridized carbons (Fsp3) is 0.471. The largest absolute Gasteiger partial charge is 0.478 e. The molecule has 0 saturated heterocycles. The summed E-state index contributed by atoms with van der Waals surface area (Å²) in [5.74, 6) is -0.346. The summed E-state index contributed by atoms with van der Waals surface area (Å²) >= 11 is 1.67. The highest BCUT2D eigenvalue weighted by Gasteiger charge is 2.22. The van der Waals surface area contributed by atoms with Crippen LogP contribution in [0.5, 0.6) is 0 Å². The molecular formula is C17H22N4O2S. The summed E-state index contributed by atoms with van der Waals surface area (Å²) in [7, 11) is 1.88. The minimum absolute atomic E-state index is 0.298. The summed E-state index contributed by atoms with van der Waals surface area (Å²) in [6.45, 7) is 5.38. The van der Waals surface area contributed by atoms with Gasteiger partial charge in [0.15, 0.2) is 0 Å². The smallest absolute Gasteiger partial charge is 0.339 e. The summed E-state index contributed by atoms with van der Waals surface area (Å²) in [4.78, 5) is 24.9. The number of rotatable bonds is 5. The molecule has 0 saturated carbocycles. The van der Waals surface area contributed by atoms with Crippen molar-refractivity contribution in [1.29, 1.82) is 0 Å². The molecule has 0 aliphatic carbocycles. The molecule has 7 heteroatoms. The third-order valence-corrected chi connectivity index (χ3v) is 5.21. The highest BCUT2D eigenvalue weighted by Crippen LogP contribution is 2.24. The maximum absolute atomic E-state index is 11.6. The van der Waals surface area contributed by atoms with Gasteiger partial charge in [-0.15, -0.1) is 11.3 Å². The number of carbonyl (C=O) groups is 1. The first-order valence-electron chi connectivity index (χ1n) is 8.16. The highest BCUT2D eigenvalue weighted by molar-refractivity contribution is 7.09. The van der Waals surface area contributed by atoms with Crippen molar-refractivity contribution in [2.75, 3.05) is 31.6 Å². The van der Waals surface area contributed by atoms with Crippen LogP contribution in [0.15, 0.2) is 17.6 Å². The van der Waals surface area contributed by atoms with E-state index in [2.05, 4.69) is 9.88 Å². The Morgan fingerprint density at radius 3 is 2.88 bits per heavy atom. The van der Waals surface area contributed by atoms with E-state index in [1.807, 2.05) is 36.5 Å². The van der Waals surface area contributed by atoms with Crippen molar-refractivity contribution in [3.8, 4) is 0 Å². The first-order chi connectivity index (χ1) is 11.6. The topological polar surface area (TPSA) is 69.6 Å². The van der Waals surface area contributed by atoms with Crippen LogP contribution in [0.25, 0.3) is 0 Å². The molecule has 0 amide bonds. The zero-order valence-electron chi connectivity index (χ0n) is 14.0. The van der Waals surface area contributed by atoms with E-state index in [4.69, 9.17) is 4.98 Å². The molecule has 3 rings (SSSR count). The second kappa shape index (κ2) is 7.27. The van der Waals surface area contributed by atoms with Gasteiger partial charge in [0.1, 0.15) is 16.4 Å². The second-order valence-electron chi connectivity index (χ2n) is 5.99. The maximum atomic E-state index is 11.6. The maximum Gasteiger partial charge on any atom is 0.339 e. The summed E-state index contributed by atoms with van der Waals surface area (Å²) in [5, 5.41) is 12.6. The average Bonchev–Trinajstić information content (AvgIpc) is 3.01. The average molecular weight is 346 g/mol. The number of carboxylic acids is 1. The van der Waals surface area contributed by atoms with Gasteiger partial charge in [-0.1, -0.05) is 0 Å². The summed E-state index contributed by atoms with van der Waals surface area (Å²) < 4.78 is 0. The van der Waals surface area contributed by atoms with E-state index in [1.54, 1.807) is 11.3 Å².